The fourth-order valence-corrected chi connectivity index (χ4v) is 2.51. The number of aryl methyl sites for hydroxylation is 1. The van der Waals surface area contributed by atoms with Crippen molar-refractivity contribution in [1.29, 1.82) is 0 Å². The van der Waals surface area contributed by atoms with Crippen molar-refractivity contribution in [3.05, 3.63) is 23.5 Å². The van der Waals surface area contributed by atoms with Crippen molar-refractivity contribution in [2.75, 3.05) is 27.2 Å². The van der Waals surface area contributed by atoms with Crippen LogP contribution in [0.2, 0.25) is 0 Å². The number of aromatic nitrogens is 1. The zero-order valence-corrected chi connectivity index (χ0v) is 12.8. The highest BCUT2D eigenvalue weighted by Crippen LogP contribution is 2.17. The molecule has 0 spiro atoms. The molecule has 0 saturated carbocycles. The van der Waals surface area contributed by atoms with Gasteiger partial charge in [-0.3, -0.25) is 9.88 Å². The first-order chi connectivity index (χ1) is 8.71. The number of hydrogen-bond donors (Lipinski definition) is 1. The zero-order chi connectivity index (χ0) is 13.0. The molecule has 1 N–H and O–H groups in total. The number of hydrogen-bond acceptors (Lipinski definition) is 4. The molecule has 0 bridgehead atoms. The first-order valence-electron chi connectivity index (χ1n) is 6.62. The molecule has 0 aliphatic carbocycles. The van der Waals surface area contributed by atoms with Gasteiger partial charge in [0.25, 0.3) is 0 Å². The molecule has 1 fully saturated rings. The number of ether oxygens (including phenoxy) is 1. The van der Waals surface area contributed by atoms with E-state index < -0.39 is 0 Å². The summed E-state index contributed by atoms with van der Waals surface area (Å²) in [6.07, 6.45) is 2.44. The second kappa shape index (κ2) is 7.68. The fraction of sp³-hybridized carbons (Fsp3) is 0.643. The summed E-state index contributed by atoms with van der Waals surface area (Å²) in [7, 11) is 3.75. The second-order valence-electron chi connectivity index (χ2n) is 4.98. The van der Waals surface area contributed by atoms with E-state index >= 15 is 0 Å². The summed E-state index contributed by atoms with van der Waals surface area (Å²) in [5, 5.41) is 3.35. The molecule has 1 aliphatic heterocycles. The molecule has 0 amide bonds. The normalized spacial score (nSPS) is 17.0. The predicted octanol–water partition coefficient (Wildman–Crippen LogP) is 2.00. The minimum Gasteiger partial charge on any atom is -0.497 e. The van der Waals surface area contributed by atoms with Gasteiger partial charge in [-0.1, -0.05) is 0 Å². The minimum atomic E-state index is 0. The maximum absolute atomic E-state index is 5.29. The summed E-state index contributed by atoms with van der Waals surface area (Å²) >= 11 is 0. The largest absolute Gasteiger partial charge is 0.497 e. The summed E-state index contributed by atoms with van der Waals surface area (Å²) in [6, 6.07) is 4.69. The number of piperidine rings is 1. The average molecular weight is 286 g/mol. The summed E-state index contributed by atoms with van der Waals surface area (Å²) in [6.45, 7) is 5.22. The topological polar surface area (TPSA) is 37.4 Å². The fourth-order valence-electron chi connectivity index (χ4n) is 2.51. The monoisotopic (exact) mass is 285 g/mol. The summed E-state index contributed by atoms with van der Waals surface area (Å²) in [5.41, 5.74) is 2.13. The molecule has 1 aromatic heterocycles. The Morgan fingerprint density at radius 2 is 2.05 bits per heavy atom. The van der Waals surface area contributed by atoms with Gasteiger partial charge in [-0.15, -0.1) is 12.4 Å². The first kappa shape index (κ1) is 16.2. The summed E-state index contributed by atoms with van der Waals surface area (Å²) in [5.74, 6) is 0.905. The highest BCUT2D eigenvalue weighted by atomic mass is 35.5. The molecule has 108 valence electrons. The van der Waals surface area contributed by atoms with Crippen LogP contribution in [0.5, 0.6) is 5.75 Å². The molecule has 0 unspecified atom stereocenters. The van der Waals surface area contributed by atoms with Crippen molar-refractivity contribution in [2.45, 2.75) is 32.4 Å². The Labute approximate surface area is 122 Å². The lowest BCUT2D eigenvalue weighted by Crippen LogP contribution is -2.40. The number of methoxy groups -OCH3 is 1. The van der Waals surface area contributed by atoms with Crippen molar-refractivity contribution < 1.29 is 4.74 Å². The van der Waals surface area contributed by atoms with Crippen LogP contribution in [0.25, 0.3) is 0 Å². The highest BCUT2D eigenvalue weighted by Gasteiger charge is 2.18. The number of pyridine rings is 1. The Hall–Kier alpha value is -0.840. The van der Waals surface area contributed by atoms with Crippen molar-refractivity contribution in [2.24, 2.45) is 0 Å². The van der Waals surface area contributed by atoms with Crippen LogP contribution in [0.1, 0.15) is 24.2 Å². The third-order valence-corrected chi connectivity index (χ3v) is 3.60. The number of nitrogens with one attached hydrogen (secondary N) is 1. The average Bonchev–Trinajstić information content (AvgIpc) is 2.39. The smallest absolute Gasteiger partial charge is 0.122 e. The van der Waals surface area contributed by atoms with Crippen LogP contribution >= 0.6 is 12.4 Å². The van der Waals surface area contributed by atoms with Gasteiger partial charge >= 0.3 is 0 Å². The van der Waals surface area contributed by atoms with Gasteiger partial charge in [-0.25, -0.2) is 0 Å². The van der Waals surface area contributed by atoms with E-state index in [0.29, 0.717) is 6.04 Å². The number of nitrogens with zero attached hydrogens (tertiary/aromatic N) is 2. The van der Waals surface area contributed by atoms with Crippen LogP contribution in [0.15, 0.2) is 12.1 Å². The van der Waals surface area contributed by atoms with E-state index in [1.807, 2.05) is 26.1 Å². The van der Waals surface area contributed by atoms with Gasteiger partial charge < -0.3 is 10.1 Å². The van der Waals surface area contributed by atoms with Crippen molar-refractivity contribution in [3.63, 3.8) is 0 Å². The van der Waals surface area contributed by atoms with Crippen LogP contribution in [0.3, 0.4) is 0 Å². The Morgan fingerprint density at radius 3 is 2.63 bits per heavy atom. The summed E-state index contributed by atoms with van der Waals surface area (Å²) < 4.78 is 5.29. The molecule has 4 nitrogen and oxygen atoms in total. The molecular weight excluding hydrogens is 262 g/mol. The first-order valence-corrected chi connectivity index (χ1v) is 6.62. The summed E-state index contributed by atoms with van der Waals surface area (Å²) in [4.78, 5) is 7.05. The van der Waals surface area contributed by atoms with Gasteiger partial charge in [0.05, 0.1) is 12.8 Å². The molecule has 19 heavy (non-hydrogen) atoms. The van der Waals surface area contributed by atoms with Crippen LogP contribution in [-0.2, 0) is 6.54 Å². The molecule has 0 aromatic carbocycles. The second-order valence-corrected chi connectivity index (χ2v) is 4.98. The van der Waals surface area contributed by atoms with E-state index in [-0.39, 0.29) is 12.4 Å². The maximum atomic E-state index is 5.29. The van der Waals surface area contributed by atoms with E-state index in [0.717, 1.165) is 36.8 Å². The molecule has 1 saturated heterocycles. The molecule has 0 atom stereocenters. The van der Waals surface area contributed by atoms with Crippen molar-refractivity contribution in [1.82, 2.24) is 15.2 Å². The standard InChI is InChI=1S/C14H23N3O.ClH/c1-11-8-14(18-3)9-13(16-11)10-17-6-4-12(15-2)5-7-17;/h8-9,12,15H,4-7,10H2,1-3H3;1H. The van der Waals surface area contributed by atoms with E-state index in [9.17, 15) is 0 Å². The predicted molar refractivity (Wildman–Crippen MR) is 80.1 cm³/mol. The van der Waals surface area contributed by atoms with Crippen molar-refractivity contribution in [3.8, 4) is 5.75 Å². The molecule has 1 aromatic rings. The lowest BCUT2D eigenvalue weighted by atomic mass is 10.1. The van der Waals surface area contributed by atoms with Gasteiger partial charge in [-0.2, -0.15) is 0 Å². The van der Waals surface area contributed by atoms with Crippen LogP contribution in [0.4, 0.5) is 0 Å². The number of halogens is 1. The Kier molecular flexibility index (Phi) is 6.55. The quantitative estimate of drug-likeness (QED) is 0.918. The molecule has 2 heterocycles. The maximum Gasteiger partial charge on any atom is 0.122 e. The molecule has 1 aliphatic rings. The molecule has 5 heteroatoms. The lowest BCUT2D eigenvalue weighted by molar-refractivity contribution is 0.192. The SMILES string of the molecule is CNC1CCN(Cc2cc(OC)cc(C)n2)CC1.Cl. The third kappa shape index (κ3) is 4.64. The number of rotatable bonds is 4. The van der Waals surface area contributed by atoms with E-state index in [2.05, 4.69) is 15.2 Å². The number of likely N-dealkylation sites (tertiary alicyclic amines) is 1. The lowest BCUT2D eigenvalue weighted by Gasteiger charge is -2.31. The van der Waals surface area contributed by atoms with Gasteiger partial charge in [0.2, 0.25) is 0 Å². The van der Waals surface area contributed by atoms with Crippen LogP contribution in [0, 0.1) is 6.92 Å². The zero-order valence-electron chi connectivity index (χ0n) is 12.0. The van der Waals surface area contributed by atoms with Gasteiger partial charge in [0, 0.05) is 43.5 Å². The van der Waals surface area contributed by atoms with E-state index in [1.54, 1.807) is 7.11 Å². The molecule has 2 rings (SSSR count). The van der Waals surface area contributed by atoms with E-state index in [1.165, 1.54) is 12.8 Å². The Balaban J connectivity index is 0.00000180. The van der Waals surface area contributed by atoms with Gasteiger partial charge in [0.1, 0.15) is 5.75 Å². The minimum absolute atomic E-state index is 0. The molecular formula is C14H24ClN3O. The third-order valence-electron chi connectivity index (χ3n) is 3.60. The van der Waals surface area contributed by atoms with Crippen LogP contribution in [-0.4, -0.2) is 43.2 Å². The van der Waals surface area contributed by atoms with Crippen LogP contribution < -0.4 is 10.1 Å². The Bertz CT molecular complexity index is 392. The van der Waals surface area contributed by atoms with E-state index in [4.69, 9.17) is 4.74 Å². The molecule has 0 radical (unpaired) electrons. The Morgan fingerprint density at radius 1 is 1.37 bits per heavy atom. The van der Waals surface area contributed by atoms with Gasteiger partial charge in [0.15, 0.2) is 0 Å². The van der Waals surface area contributed by atoms with Gasteiger partial charge in [-0.05, 0) is 26.8 Å². The van der Waals surface area contributed by atoms with Crippen molar-refractivity contribution >= 4 is 12.4 Å². The highest BCUT2D eigenvalue weighted by molar-refractivity contribution is 5.85.